The molecule has 1 aliphatic rings. The number of epoxide rings is 1. The van der Waals surface area contributed by atoms with Crippen LogP contribution in [-0.4, -0.2) is 66.6 Å². The SMILES string of the molecule is C=C(C)C(=O)OCC1CO1.CCC[Si](OCC)(OCC)OCC.CCOC(N)=O. The lowest BCUT2D eigenvalue weighted by Gasteiger charge is -2.27. The third kappa shape index (κ3) is 18.3. The number of primary amides is 1. The molecule has 1 heterocycles. The van der Waals surface area contributed by atoms with Gasteiger partial charge in [-0.25, -0.2) is 9.59 Å². The summed E-state index contributed by atoms with van der Waals surface area (Å²) in [7, 11) is -2.30. The summed E-state index contributed by atoms with van der Waals surface area (Å²) in [5, 5.41) is 0. The number of esters is 1. The van der Waals surface area contributed by atoms with Crippen LogP contribution in [0.15, 0.2) is 12.2 Å². The summed E-state index contributed by atoms with van der Waals surface area (Å²) in [5.41, 5.74) is 4.97. The molecule has 9 nitrogen and oxygen atoms in total. The molecule has 1 aliphatic heterocycles. The van der Waals surface area contributed by atoms with E-state index < -0.39 is 14.9 Å². The summed E-state index contributed by atoms with van der Waals surface area (Å²) in [6, 6.07) is 0.919. The Labute approximate surface area is 176 Å². The van der Waals surface area contributed by atoms with Crippen molar-refractivity contribution in [3.63, 3.8) is 0 Å². The lowest BCUT2D eigenvalue weighted by Crippen LogP contribution is -2.45. The normalized spacial score (nSPS) is 14.5. The number of carbonyl (C=O) groups excluding carboxylic acids is 2. The zero-order valence-electron chi connectivity index (χ0n) is 18.8. The highest BCUT2D eigenvalue weighted by molar-refractivity contribution is 6.60. The van der Waals surface area contributed by atoms with Gasteiger partial charge in [0.1, 0.15) is 12.7 Å². The molecular formula is C19H39NO8Si. The highest BCUT2D eigenvalue weighted by atomic mass is 28.4. The molecule has 10 heteroatoms. The monoisotopic (exact) mass is 437 g/mol. The first-order valence-corrected chi connectivity index (χ1v) is 11.9. The van der Waals surface area contributed by atoms with Crippen LogP contribution in [0.1, 0.15) is 48.0 Å². The van der Waals surface area contributed by atoms with Crippen molar-refractivity contribution in [3.8, 4) is 0 Å². The Bertz CT molecular complexity index is 428. The molecule has 0 aliphatic carbocycles. The van der Waals surface area contributed by atoms with E-state index in [1.54, 1.807) is 13.8 Å². The molecule has 0 aromatic rings. The van der Waals surface area contributed by atoms with Crippen LogP contribution in [-0.2, 0) is 32.3 Å². The molecule has 0 spiro atoms. The average Bonchev–Trinajstić information content (AvgIpc) is 3.46. The molecule has 1 atom stereocenters. The number of ether oxygens (including phenoxy) is 3. The molecule has 1 rings (SSSR count). The van der Waals surface area contributed by atoms with Gasteiger partial charge >= 0.3 is 20.9 Å². The third-order valence-electron chi connectivity index (χ3n) is 3.09. The number of hydrogen-bond donors (Lipinski definition) is 1. The second-order valence-electron chi connectivity index (χ2n) is 5.82. The van der Waals surface area contributed by atoms with E-state index in [1.807, 2.05) is 20.8 Å². The van der Waals surface area contributed by atoms with Gasteiger partial charge in [0.05, 0.1) is 13.2 Å². The van der Waals surface area contributed by atoms with Crippen molar-refractivity contribution in [2.24, 2.45) is 5.73 Å². The van der Waals surface area contributed by atoms with Crippen LogP contribution in [0.4, 0.5) is 4.79 Å². The molecule has 1 amide bonds. The van der Waals surface area contributed by atoms with Crippen LogP contribution in [0.5, 0.6) is 0 Å². The average molecular weight is 438 g/mol. The molecule has 0 bridgehead atoms. The number of hydrogen-bond acceptors (Lipinski definition) is 8. The van der Waals surface area contributed by atoms with E-state index in [4.69, 9.17) is 22.8 Å². The Morgan fingerprint density at radius 2 is 1.48 bits per heavy atom. The van der Waals surface area contributed by atoms with Crippen molar-refractivity contribution in [1.82, 2.24) is 0 Å². The fourth-order valence-corrected chi connectivity index (χ4v) is 4.52. The van der Waals surface area contributed by atoms with Crippen molar-refractivity contribution < 1.29 is 37.1 Å². The highest BCUT2D eigenvalue weighted by Crippen LogP contribution is 2.17. The third-order valence-corrected chi connectivity index (χ3v) is 6.38. The summed E-state index contributed by atoms with van der Waals surface area (Å²) < 4.78 is 30.7. The Balaban J connectivity index is 0. The van der Waals surface area contributed by atoms with Crippen molar-refractivity contribution >= 4 is 20.9 Å². The molecule has 0 aromatic carbocycles. The van der Waals surface area contributed by atoms with Crippen LogP contribution >= 0.6 is 0 Å². The largest absolute Gasteiger partial charge is 0.500 e. The van der Waals surface area contributed by atoms with Crippen LogP contribution in [0.2, 0.25) is 6.04 Å². The minimum atomic E-state index is -2.30. The second-order valence-corrected chi connectivity index (χ2v) is 8.55. The van der Waals surface area contributed by atoms with Crippen molar-refractivity contribution in [2.75, 3.05) is 39.6 Å². The fourth-order valence-electron chi connectivity index (χ4n) is 1.91. The van der Waals surface area contributed by atoms with Gasteiger partial charge < -0.3 is 33.2 Å². The first-order chi connectivity index (χ1) is 13.7. The van der Waals surface area contributed by atoms with Gasteiger partial charge in [-0.3, -0.25) is 0 Å². The highest BCUT2D eigenvalue weighted by Gasteiger charge is 2.38. The zero-order chi connectivity index (χ0) is 22.7. The van der Waals surface area contributed by atoms with E-state index in [2.05, 4.69) is 24.0 Å². The first-order valence-electron chi connectivity index (χ1n) is 9.99. The molecule has 1 unspecified atom stereocenters. The molecule has 0 radical (unpaired) electrons. The van der Waals surface area contributed by atoms with Crippen molar-refractivity contribution in [1.29, 1.82) is 0 Å². The molecule has 2 N–H and O–H groups in total. The van der Waals surface area contributed by atoms with E-state index in [0.29, 0.717) is 45.2 Å². The first kappa shape index (κ1) is 29.7. The van der Waals surface area contributed by atoms with E-state index in [-0.39, 0.29) is 12.1 Å². The topological polar surface area (TPSA) is 119 Å². The van der Waals surface area contributed by atoms with Gasteiger partial charge in [-0.2, -0.15) is 0 Å². The Kier molecular flexibility index (Phi) is 19.0. The Hall–Kier alpha value is -1.46. The Morgan fingerprint density at radius 3 is 1.72 bits per heavy atom. The van der Waals surface area contributed by atoms with Crippen LogP contribution < -0.4 is 5.73 Å². The van der Waals surface area contributed by atoms with Gasteiger partial charge in [-0.15, -0.1) is 0 Å². The van der Waals surface area contributed by atoms with E-state index in [9.17, 15) is 9.59 Å². The minimum absolute atomic E-state index is 0.142. The molecule has 172 valence electrons. The summed E-state index contributed by atoms with van der Waals surface area (Å²) in [6.45, 7) is 18.3. The van der Waals surface area contributed by atoms with Crippen LogP contribution in [0.3, 0.4) is 0 Å². The van der Waals surface area contributed by atoms with E-state index >= 15 is 0 Å². The summed E-state index contributed by atoms with van der Waals surface area (Å²) >= 11 is 0. The molecule has 1 saturated heterocycles. The standard InChI is InChI=1S/C9H22O3Si.C7H10O3.C3H7NO2/c1-5-9-13(10-6-2,11-7-3)12-8-4;1-5(2)7(8)10-4-6-3-9-6;1-2-6-3(4)5/h5-9H2,1-4H3;6H,1,3-4H2,2H3;2H2,1H3,(H2,4,5). The molecule has 0 aromatic heterocycles. The maximum atomic E-state index is 10.7. The van der Waals surface area contributed by atoms with Gasteiger partial charge in [-0.1, -0.05) is 19.9 Å². The van der Waals surface area contributed by atoms with Crippen LogP contribution in [0, 0.1) is 0 Å². The molecular weight excluding hydrogens is 398 g/mol. The quantitative estimate of drug-likeness (QED) is 0.214. The number of rotatable bonds is 12. The van der Waals surface area contributed by atoms with Gasteiger partial charge in [0.25, 0.3) is 0 Å². The van der Waals surface area contributed by atoms with E-state index in [1.165, 1.54) is 0 Å². The number of carbonyl (C=O) groups is 2. The maximum absolute atomic E-state index is 10.7. The summed E-state index contributed by atoms with van der Waals surface area (Å²) in [5.74, 6) is -0.337. The minimum Gasteiger partial charge on any atom is -0.459 e. The predicted molar refractivity (Wildman–Crippen MR) is 112 cm³/mol. The van der Waals surface area contributed by atoms with Gasteiger partial charge in [0.15, 0.2) is 0 Å². The van der Waals surface area contributed by atoms with E-state index in [0.717, 1.165) is 12.5 Å². The zero-order valence-corrected chi connectivity index (χ0v) is 19.8. The van der Waals surface area contributed by atoms with Crippen molar-refractivity contribution in [3.05, 3.63) is 12.2 Å². The lowest BCUT2D eigenvalue weighted by atomic mass is 10.4. The van der Waals surface area contributed by atoms with Crippen molar-refractivity contribution in [2.45, 2.75) is 60.1 Å². The summed E-state index contributed by atoms with van der Waals surface area (Å²) in [6.07, 6.45) is 0.479. The lowest BCUT2D eigenvalue weighted by molar-refractivity contribution is -0.139. The smallest absolute Gasteiger partial charge is 0.459 e. The molecule has 1 fully saturated rings. The Morgan fingerprint density at radius 1 is 1.00 bits per heavy atom. The second kappa shape index (κ2) is 18.6. The van der Waals surface area contributed by atoms with Gasteiger partial charge in [-0.05, 0) is 34.6 Å². The summed E-state index contributed by atoms with van der Waals surface area (Å²) in [4.78, 5) is 20.3. The molecule has 29 heavy (non-hydrogen) atoms. The fraction of sp³-hybridized carbons (Fsp3) is 0.789. The molecule has 0 saturated carbocycles. The predicted octanol–water partition coefficient (Wildman–Crippen LogP) is 3.05. The number of nitrogens with two attached hydrogens (primary N) is 1. The van der Waals surface area contributed by atoms with Crippen LogP contribution in [0.25, 0.3) is 0 Å². The number of amides is 1. The maximum Gasteiger partial charge on any atom is 0.500 e. The van der Waals surface area contributed by atoms with Gasteiger partial charge in [0.2, 0.25) is 0 Å². The van der Waals surface area contributed by atoms with Gasteiger partial charge in [0, 0.05) is 31.4 Å².